The number of pyridine rings is 1. The van der Waals surface area contributed by atoms with Crippen LogP contribution in [0.25, 0.3) is 0 Å². The molecule has 1 aromatic heterocycles. The standard InChI is InChI=1S/C13H16F3N3O/c1-18-6-7-19(12(20)9-18)5-4-11-3-2-10(8-17-11)13(14,15)16/h2-3,8H,4-7,9H2,1H3. The van der Waals surface area contributed by atoms with Crippen molar-refractivity contribution in [1.29, 1.82) is 0 Å². The maximum atomic E-state index is 12.4. The number of hydrogen-bond donors (Lipinski definition) is 0. The van der Waals surface area contributed by atoms with Gasteiger partial charge < -0.3 is 4.90 Å². The predicted molar refractivity (Wildman–Crippen MR) is 67.0 cm³/mol. The molecule has 1 aromatic rings. The van der Waals surface area contributed by atoms with Crippen LogP contribution >= 0.6 is 0 Å². The summed E-state index contributed by atoms with van der Waals surface area (Å²) in [5.74, 6) is 0.0469. The fraction of sp³-hybridized carbons (Fsp3) is 0.538. The average molecular weight is 287 g/mol. The van der Waals surface area contributed by atoms with Crippen molar-refractivity contribution in [2.75, 3.05) is 33.2 Å². The molecule has 0 atom stereocenters. The Labute approximate surface area is 115 Å². The van der Waals surface area contributed by atoms with Crippen molar-refractivity contribution in [3.8, 4) is 0 Å². The van der Waals surface area contributed by atoms with Crippen LogP contribution in [0.5, 0.6) is 0 Å². The Morgan fingerprint density at radius 3 is 2.60 bits per heavy atom. The van der Waals surface area contributed by atoms with Crippen LogP contribution in [0.3, 0.4) is 0 Å². The lowest BCUT2D eigenvalue weighted by Crippen LogP contribution is -2.49. The van der Waals surface area contributed by atoms with Gasteiger partial charge in [0.25, 0.3) is 0 Å². The van der Waals surface area contributed by atoms with Gasteiger partial charge in [-0.2, -0.15) is 13.2 Å². The molecule has 0 radical (unpaired) electrons. The molecule has 0 N–H and O–H groups in total. The molecule has 1 aliphatic rings. The number of aromatic nitrogens is 1. The molecule has 0 saturated carbocycles. The van der Waals surface area contributed by atoms with E-state index in [1.54, 1.807) is 4.90 Å². The molecular weight excluding hydrogens is 271 g/mol. The fourth-order valence-electron chi connectivity index (χ4n) is 2.05. The van der Waals surface area contributed by atoms with Gasteiger partial charge in [0.05, 0.1) is 12.1 Å². The molecule has 7 heteroatoms. The first kappa shape index (κ1) is 14.8. The molecule has 1 saturated heterocycles. The minimum absolute atomic E-state index is 0.0469. The molecule has 0 unspecified atom stereocenters. The lowest BCUT2D eigenvalue weighted by Gasteiger charge is -2.32. The van der Waals surface area contributed by atoms with Crippen LogP contribution < -0.4 is 0 Å². The third-order valence-electron chi connectivity index (χ3n) is 3.30. The summed E-state index contributed by atoms with van der Waals surface area (Å²) in [4.78, 5) is 19.2. The SMILES string of the molecule is CN1CCN(CCc2ccc(C(F)(F)F)cn2)C(=O)C1. The van der Waals surface area contributed by atoms with Gasteiger partial charge in [-0.25, -0.2) is 0 Å². The monoisotopic (exact) mass is 287 g/mol. The summed E-state index contributed by atoms with van der Waals surface area (Å²) in [6.45, 7) is 2.34. The van der Waals surface area contributed by atoms with Crippen LogP contribution in [0.15, 0.2) is 18.3 Å². The van der Waals surface area contributed by atoms with Gasteiger partial charge in [-0.1, -0.05) is 0 Å². The van der Waals surface area contributed by atoms with E-state index in [0.717, 1.165) is 18.8 Å². The fourth-order valence-corrected chi connectivity index (χ4v) is 2.05. The van der Waals surface area contributed by atoms with Crippen LogP contribution in [0.1, 0.15) is 11.3 Å². The van der Waals surface area contributed by atoms with Crippen molar-refractivity contribution in [2.45, 2.75) is 12.6 Å². The van der Waals surface area contributed by atoms with Crippen LogP contribution in [0.4, 0.5) is 13.2 Å². The van der Waals surface area contributed by atoms with Crippen molar-refractivity contribution in [2.24, 2.45) is 0 Å². The molecule has 20 heavy (non-hydrogen) atoms. The minimum Gasteiger partial charge on any atom is -0.340 e. The number of likely N-dealkylation sites (N-methyl/N-ethyl adjacent to an activating group) is 1. The van der Waals surface area contributed by atoms with Gasteiger partial charge in [-0.05, 0) is 19.2 Å². The van der Waals surface area contributed by atoms with Gasteiger partial charge in [0, 0.05) is 37.9 Å². The number of nitrogens with zero attached hydrogens (tertiary/aromatic N) is 3. The molecule has 1 fully saturated rings. The topological polar surface area (TPSA) is 36.4 Å². The van der Waals surface area contributed by atoms with Gasteiger partial charge in [0.2, 0.25) is 5.91 Å². The summed E-state index contributed by atoms with van der Waals surface area (Å²) in [7, 11) is 1.88. The van der Waals surface area contributed by atoms with Crippen LogP contribution in [-0.4, -0.2) is 53.9 Å². The van der Waals surface area contributed by atoms with E-state index in [4.69, 9.17) is 0 Å². The Morgan fingerprint density at radius 2 is 2.05 bits per heavy atom. The number of carbonyl (C=O) groups is 1. The Kier molecular flexibility index (Phi) is 4.27. The zero-order valence-electron chi connectivity index (χ0n) is 11.2. The number of hydrogen-bond acceptors (Lipinski definition) is 3. The first-order chi connectivity index (χ1) is 9.36. The number of rotatable bonds is 3. The zero-order chi connectivity index (χ0) is 14.8. The van der Waals surface area contributed by atoms with Crippen molar-refractivity contribution in [1.82, 2.24) is 14.8 Å². The normalized spacial score (nSPS) is 17.6. The summed E-state index contributed by atoms with van der Waals surface area (Å²) in [6, 6.07) is 2.39. The highest BCUT2D eigenvalue weighted by atomic mass is 19.4. The molecular formula is C13H16F3N3O. The van der Waals surface area contributed by atoms with E-state index >= 15 is 0 Å². The van der Waals surface area contributed by atoms with Crippen molar-refractivity contribution in [3.63, 3.8) is 0 Å². The summed E-state index contributed by atoms with van der Waals surface area (Å²) in [5, 5.41) is 0. The molecule has 110 valence electrons. The summed E-state index contributed by atoms with van der Waals surface area (Å²) >= 11 is 0. The third-order valence-corrected chi connectivity index (χ3v) is 3.30. The molecule has 0 aliphatic carbocycles. The predicted octanol–water partition coefficient (Wildman–Crippen LogP) is 1.42. The second-order valence-corrected chi connectivity index (χ2v) is 4.90. The largest absolute Gasteiger partial charge is 0.417 e. The first-order valence-electron chi connectivity index (χ1n) is 6.35. The molecule has 2 rings (SSSR count). The lowest BCUT2D eigenvalue weighted by atomic mass is 10.2. The van der Waals surface area contributed by atoms with Gasteiger partial charge in [-0.3, -0.25) is 14.7 Å². The average Bonchev–Trinajstić information content (AvgIpc) is 2.37. The zero-order valence-corrected chi connectivity index (χ0v) is 11.2. The van der Waals surface area contributed by atoms with Crippen molar-refractivity contribution >= 4 is 5.91 Å². The van der Waals surface area contributed by atoms with E-state index in [2.05, 4.69) is 4.98 Å². The van der Waals surface area contributed by atoms with E-state index in [-0.39, 0.29) is 5.91 Å². The Hall–Kier alpha value is -1.63. The number of halogens is 3. The summed E-state index contributed by atoms with van der Waals surface area (Å²) in [6.07, 6.45) is -3.06. The van der Waals surface area contributed by atoms with Crippen molar-refractivity contribution in [3.05, 3.63) is 29.6 Å². The van der Waals surface area contributed by atoms with Crippen molar-refractivity contribution < 1.29 is 18.0 Å². The molecule has 4 nitrogen and oxygen atoms in total. The minimum atomic E-state index is -4.36. The highest BCUT2D eigenvalue weighted by Gasteiger charge is 2.30. The third kappa shape index (κ3) is 3.69. The van der Waals surface area contributed by atoms with Gasteiger partial charge in [0.1, 0.15) is 0 Å². The highest BCUT2D eigenvalue weighted by molar-refractivity contribution is 5.78. The lowest BCUT2D eigenvalue weighted by molar-refractivity contribution is -0.138. The Bertz CT molecular complexity index is 473. The molecule has 0 aromatic carbocycles. The highest BCUT2D eigenvalue weighted by Crippen LogP contribution is 2.28. The maximum absolute atomic E-state index is 12.4. The number of carbonyl (C=O) groups excluding carboxylic acids is 1. The number of piperazine rings is 1. The van der Waals surface area contributed by atoms with E-state index < -0.39 is 11.7 Å². The number of amides is 1. The Morgan fingerprint density at radius 1 is 1.30 bits per heavy atom. The summed E-state index contributed by atoms with van der Waals surface area (Å²) in [5.41, 5.74) is -0.193. The van der Waals surface area contributed by atoms with Crippen LogP contribution in [0.2, 0.25) is 0 Å². The second kappa shape index (κ2) is 5.78. The second-order valence-electron chi connectivity index (χ2n) is 4.90. The molecule has 0 spiro atoms. The molecule has 1 aliphatic heterocycles. The molecule has 1 amide bonds. The van der Waals surface area contributed by atoms with Crippen LogP contribution in [0, 0.1) is 0 Å². The molecule has 2 heterocycles. The van der Waals surface area contributed by atoms with E-state index in [1.165, 1.54) is 6.07 Å². The van der Waals surface area contributed by atoms with Gasteiger partial charge in [0.15, 0.2) is 0 Å². The first-order valence-corrected chi connectivity index (χ1v) is 6.35. The maximum Gasteiger partial charge on any atom is 0.417 e. The summed E-state index contributed by atoms with van der Waals surface area (Å²) < 4.78 is 37.2. The Balaban J connectivity index is 1.90. The van der Waals surface area contributed by atoms with Gasteiger partial charge in [-0.15, -0.1) is 0 Å². The quantitative estimate of drug-likeness (QED) is 0.843. The van der Waals surface area contributed by atoms with E-state index in [1.807, 2.05) is 11.9 Å². The van der Waals surface area contributed by atoms with E-state index in [9.17, 15) is 18.0 Å². The number of alkyl halides is 3. The smallest absolute Gasteiger partial charge is 0.340 e. The van der Waals surface area contributed by atoms with E-state index in [0.29, 0.717) is 31.7 Å². The molecule has 0 bridgehead atoms. The van der Waals surface area contributed by atoms with Crippen LogP contribution in [-0.2, 0) is 17.4 Å². The van der Waals surface area contributed by atoms with Gasteiger partial charge >= 0.3 is 6.18 Å².